The summed E-state index contributed by atoms with van der Waals surface area (Å²) in [5.74, 6) is 0.164. The van der Waals surface area contributed by atoms with Gasteiger partial charge in [0.05, 0.1) is 6.04 Å². The minimum Gasteiger partial charge on any atom is -0.349 e. The molecule has 2 rings (SSSR count). The zero-order chi connectivity index (χ0) is 15.7. The molecule has 0 bridgehead atoms. The van der Waals surface area contributed by atoms with Crippen molar-refractivity contribution in [2.75, 3.05) is 0 Å². The van der Waals surface area contributed by atoms with Gasteiger partial charge in [0.1, 0.15) is 0 Å². The van der Waals surface area contributed by atoms with E-state index >= 15 is 0 Å². The molecule has 1 heterocycles. The highest BCUT2D eigenvalue weighted by atomic mass is 79.9. The van der Waals surface area contributed by atoms with Crippen molar-refractivity contribution >= 4 is 27.9 Å². The molecule has 0 aromatic heterocycles. The average molecular weight is 348 g/mol. The first kappa shape index (κ1) is 17.4. The van der Waals surface area contributed by atoms with E-state index in [0.717, 1.165) is 10.9 Å². The van der Waals surface area contributed by atoms with Gasteiger partial charge < -0.3 is 5.32 Å². The summed E-state index contributed by atoms with van der Waals surface area (Å²) in [6.07, 6.45) is 9.48. The lowest BCUT2D eigenvalue weighted by molar-refractivity contribution is -0.119. The number of nitrogens with one attached hydrogen (secondary N) is 1. The third-order valence-corrected chi connectivity index (χ3v) is 3.31. The van der Waals surface area contributed by atoms with Gasteiger partial charge in [-0.3, -0.25) is 4.79 Å². The van der Waals surface area contributed by atoms with Crippen molar-refractivity contribution < 1.29 is 4.79 Å². The number of carbonyl (C=O) groups is 1. The lowest BCUT2D eigenvalue weighted by atomic mass is 10.0. The number of halogens is 1. The van der Waals surface area contributed by atoms with Gasteiger partial charge in [0.2, 0.25) is 5.91 Å². The van der Waals surface area contributed by atoms with E-state index in [0.29, 0.717) is 6.42 Å². The average Bonchev–Trinajstić information content (AvgIpc) is 2.87. The topological polar surface area (TPSA) is 29.1 Å². The van der Waals surface area contributed by atoms with Crippen LogP contribution in [0.25, 0.3) is 6.08 Å². The molecule has 1 amide bonds. The van der Waals surface area contributed by atoms with Crippen LogP contribution in [0.1, 0.15) is 43.9 Å². The van der Waals surface area contributed by atoms with Crippen LogP contribution in [0.2, 0.25) is 0 Å². The molecule has 0 radical (unpaired) electrons. The van der Waals surface area contributed by atoms with Gasteiger partial charge in [-0.05, 0) is 31.4 Å². The minimum absolute atomic E-state index is 0.164. The fraction of sp³-hybridized carbons (Fsp3) is 0.278. The molecule has 1 atom stereocenters. The number of rotatable bonds is 3. The number of allylic oxidation sites excluding steroid dienone is 4. The van der Waals surface area contributed by atoms with Gasteiger partial charge in [0.15, 0.2) is 0 Å². The van der Waals surface area contributed by atoms with Gasteiger partial charge >= 0.3 is 0 Å². The van der Waals surface area contributed by atoms with Crippen molar-refractivity contribution in [3.8, 4) is 0 Å². The summed E-state index contributed by atoms with van der Waals surface area (Å²) in [6, 6.07) is 8.56. The maximum absolute atomic E-state index is 11.1. The van der Waals surface area contributed by atoms with Crippen molar-refractivity contribution in [3.05, 3.63) is 64.7 Å². The molecule has 1 N–H and O–H groups in total. The van der Waals surface area contributed by atoms with Gasteiger partial charge in [-0.25, -0.2) is 0 Å². The molecule has 112 valence electrons. The lowest BCUT2D eigenvalue weighted by Gasteiger charge is -2.10. The molecule has 1 fully saturated rings. The number of hydrogen-bond donors (Lipinski definition) is 1. The highest BCUT2D eigenvalue weighted by Crippen LogP contribution is 2.23. The van der Waals surface area contributed by atoms with Crippen molar-refractivity contribution in [2.24, 2.45) is 0 Å². The highest BCUT2D eigenvalue weighted by Gasteiger charge is 2.21. The summed E-state index contributed by atoms with van der Waals surface area (Å²) in [5.41, 5.74) is 2.40. The molecular formula is C18H22BrNO. The van der Waals surface area contributed by atoms with Gasteiger partial charge in [0.25, 0.3) is 0 Å². The first-order chi connectivity index (χ1) is 10.1. The Hall–Kier alpha value is -1.61. The molecule has 1 aromatic carbocycles. The number of benzene rings is 1. The van der Waals surface area contributed by atoms with Crippen LogP contribution < -0.4 is 5.32 Å². The molecule has 0 spiro atoms. The molecule has 1 aromatic rings. The smallest absolute Gasteiger partial charge is 0.220 e. The van der Waals surface area contributed by atoms with Crippen LogP contribution in [-0.2, 0) is 4.79 Å². The van der Waals surface area contributed by atoms with Crippen molar-refractivity contribution in [1.82, 2.24) is 5.32 Å². The zero-order valence-corrected chi connectivity index (χ0v) is 14.2. The van der Waals surface area contributed by atoms with Crippen LogP contribution in [0.3, 0.4) is 0 Å². The second-order valence-electron chi connectivity index (χ2n) is 4.77. The predicted octanol–water partition coefficient (Wildman–Crippen LogP) is 5.14. The Kier molecular flexibility index (Phi) is 7.76. The Morgan fingerprint density at radius 1 is 1.29 bits per heavy atom. The molecule has 2 nitrogen and oxygen atoms in total. The Morgan fingerprint density at radius 2 is 1.95 bits per heavy atom. The van der Waals surface area contributed by atoms with Crippen LogP contribution in [0.5, 0.6) is 0 Å². The molecule has 0 saturated carbocycles. The van der Waals surface area contributed by atoms with E-state index in [9.17, 15) is 4.79 Å². The van der Waals surface area contributed by atoms with Crippen molar-refractivity contribution in [1.29, 1.82) is 0 Å². The van der Waals surface area contributed by atoms with Crippen LogP contribution in [0, 0.1) is 0 Å². The summed E-state index contributed by atoms with van der Waals surface area (Å²) in [7, 11) is 0. The number of carbonyl (C=O) groups excluding carboxylic acids is 1. The van der Waals surface area contributed by atoms with E-state index in [1.165, 1.54) is 11.1 Å². The third kappa shape index (κ3) is 6.58. The Morgan fingerprint density at radius 3 is 2.33 bits per heavy atom. The number of hydrogen-bond acceptors (Lipinski definition) is 1. The molecule has 1 unspecified atom stereocenters. The largest absolute Gasteiger partial charge is 0.349 e. The van der Waals surface area contributed by atoms with Gasteiger partial charge in [-0.15, -0.1) is 0 Å². The van der Waals surface area contributed by atoms with E-state index in [-0.39, 0.29) is 11.9 Å². The van der Waals surface area contributed by atoms with Crippen LogP contribution in [0.15, 0.2) is 53.6 Å². The van der Waals surface area contributed by atoms with E-state index in [2.05, 4.69) is 58.2 Å². The SMILES string of the molecule is C/C=C/c1ccc(C2CCC(=O)N2)cc1.C=C(Br)/C=C\C. The fourth-order valence-electron chi connectivity index (χ4n) is 2.08. The molecule has 1 saturated heterocycles. The number of amides is 1. The first-order valence-corrected chi connectivity index (χ1v) is 7.85. The Balaban J connectivity index is 0.000000315. The minimum atomic E-state index is 0.164. The summed E-state index contributed by atoms with van der Waals surface area (Å²) in [4.78, 5) is 11.1. The van der Waals surface area contributed by atoms with E-state index in [4.69, 9.17) is 0 Å². The second kappa shape index (κ2) is 9.35. The molecule has 0 aliphatic carbocycles. The summed E-state index contributed by atoms with van der Waals surface area (Å²) >= 11 is 3.15. The molecule has 1 aliphatic heterocycles. The molecular weight excluding hydrogens is 326 g/mol. The summed E-state index contributed by atoms with van der Waals surface area (Å²) < 4.78 is 0.921. The zero-order valence-electron chi connectivity index (χ0n) is 12.6. The van der Waals surface area contributed by atoms with E-state index in [1.807, 2.05) is 32.1 Å². The van der Waals surface area contributed by atoms with Gasteiger partial charge in [0, 0.05) is 10.9 Å². The maximum atomic E-state index is 11.1. The molecule has 3 heteroatoms. The lowest BCUT2D eigenvalue weighted by Crippen LogP contribution is -2.18. The monoisotopic (exact) mass is 347 g/mol. The first-order valence-electron chi connectivity index (χ1n) is 7.06. The standard InChI is InChI=1S/C13H15NO.C5H7Br/c1-2-3-10-4-6-11(7-5-10)12-8-9-13(15)14-12;1-3-4-5(2)6/h2-7,12H,8-9H2,1H3,(H,14,15);3-4H,2H2,1H3/b3-2+;4-3-. The highest BCUT2D eigenvalue weighted by molar-refractivity contribution is 9.11. The van der Waals surface area contributed by atoms with Crippen LogP contribution >= 0.6 is 15.9 Å². The van der Waals surface area contributed by atoms with Crippen LogP contribution in [0.4, 0.5) is 0 Å². The second-order valence-corrected chi connectivity index (χ2v) is 5.79. The van der Waals surface area contributed by atoms with Gasteiger partial charge in [-0.1, -0.05) is 71.1 Å². The Bertz CT molecular complexity index is 529. The third-order valence-electron chi connectivity index (χ3n) is 3.04. The van der Waals surface area contributed by atoms with E-state index < -0.39 is 0 Å². The molecule has 21 heavy (non-hydrogen) atoms. The van der Waals surface area contributed by atoms with E-state index in [1.54, 1.807) is 0 Å². The van der Waals surface area contributed by atoms with Gasteiger partial charge in [-0.2, -0.15) is 0 Å². The summed E-state index contributed by atoms with van der Waals surface area (Å²) in [5, 5.41) is 2.96. The Labute approximate surface area is 135 Å². The predicted molar refractivity (Wildman–Crippen MR) is 94.1 cm³/mol. The van der Waals surface area contributed by atoms with Crippen molar-refractivity contribution in [3.63, 3.8) is 0 Å². The van der Waals surface area contributed by atoms with Crippen LogP contribution in [-0.4, -0.2) is 5.91 Å². The quantitative estimate of drug-likeness (QED) is 0.753. The normalized spacial score (nSPS) is 17.7. The fourth-order valence-corrected chi connectivity index (χ4v) is 2.34. The summed E-state index contributed by atoms with van der Waals surface area (Å²) in [6.45, 7) is 7.53. The maximum Gasteiger partial charge on any atom is 0.220 e. The molecule has 1 aliphatic rings. The van der Waals surface area contributed by atoms with Crippen molar-refractivity contribution in [2.45, 2.75) is 32.7 Å².